The van der Waals surface area contributed by atoms with Crippen LogP contribution in [0.3, 0.4) is 0 Å². The van der Waals surface area contributed by atoms with Crippen LogP contribution in [0.25, 0.3) is 0 Å². The van der Waals surface area contributed by atoms with Crippen molar-refractivity contribution in [3.05, 3.63) is 0 Å². The lowest BCUT2D eigenvalue weighted by Crippen LogP contribution is -2.45. The molecular weight excluding hydrogens is 190 g/mol. The Morgan fingerprint density at radius 1 is 1.27 bits per heavy atom. The highest BCUT2D eigenvalue weighted by Crippen LogP contribution is 2.28. The molecule has 1 saturated carbocycles. The number of ether oxygens (including phenoxy) is 1. The van der Waals surface area contributed by atoms with Gasteiger partial charge in [0.25, 0.3) is 0 Å². The molecule has 0 radical (unpaired) electrons. The van der Waals surface area contributed by atoms with Crippen LogP contribution >= 0.6 is 0 Å². The number of esters is 1. The van der Waals surface area contributed by atoms with Crippen LogP contribution in [0, 0.1) is 11.8 Å². The summed E-state index contributed by atoms with van der Waals surface area (Å²) in [5, 5.41) is 3.36. The van der Waals surface area contributed by atoms with Gasteiger partial charge in [-0.25, -0.2) is 0 Å². The third kappa shape index (κ3) is 3.82. The van der Waals surface area contributed by atoms with Gasteiger partial charge in [-0.1, -0.05) is 13.8 Å². The maximum atomic E-state index is 11.3. The molecule has 0 aromatic rings. The molecule has 1 aliphatic carbocycles. The van der Waals surface area contributed by atoms with E-state index in [0.717, 1.165) is 11.8 Å². The molecule has 3 nitrogen and oxygen atoms in total. The summed E-state index contributed by atoms with van der Waals surface area (Å²) in [6.07, 6.45) is 3.65. The highest BCUT2D eigenvalue weighted by molar-refractivity contribution is 5.75. The van der Waals surface area contributed by atoms with Gasteiger partial charge in [-0.15, -0.1) is 0 Å². The van der Waals surface area contributed by atoms with Crippen molar-refractivity contribution < 1.29 is 9.53 Å². The summed E-state index contributed by atoms with van der Waals surface area (Å²) in [5.74, 6) is 1.35. The molecule has 0 aromatic carbocycles. The molecule has 1 rings (SSSR count). The first-order valence-electron chi connectivity index (χ1n) is 5.86. The molecule has 1 fully saturated rings. The molecule has 0 spiro atoms. The zero-order valence-electron chi connectivity index (χ0n) is 10.2. The van der Waals surface area contributed by atoms with Crippen molar-refractivity contribution in [2.24, 2.45) is 11.8 Å². The second-order valence-corrected chi connectivity index (χ2v) is 5.03. The molecular formula is C12H23NO2. The summed E-state index contributed by atoms with van der Waals surface area (Å²) >= 11 is 0. The van der Waals surface area contributed by atoms with Gasteiger partial charge in [-0.05, 0) is 38.0 Å². The van der Waals surface area contributed by atoms with Gasteiger partial charge >= 0.3 is 5.97 Å². The number of rotatable bonds is 3. The van der Waals surface area contributed by atoms with E-state index in [9.17, 15) is 4.79 Å². The summed E-state index contributed by atoms with van der Waals surface area (Å²) in [5.41, 5.74) is 0. The molecule has 0 aliphatic heterocycles. The van der Waals surface area contributed by atoms with Crippen molar-refractivity contribution in [2.45, 2.75) is 52.1 Å². The standard InChI is InChI=1S/C12H23NO2/c1-8-5-9(2)7-11(6-8)13-10(3)12(14)15-4/h8-11,13H,5-7H2,1-4H3/t8?,9?,10-,11?/m0/s1. The predicted molar refractivity (Wildman–Crippen MR) is 60.6 cm³/mol. The van der Waals surface area contributed by atoms with E-state index < -0.39 is 0 Å². The van der Waals surface area contributed by atoms with Gasteiger partial charge in [-0.3, -0.25) is 4.79 Å². The fourth-order valence-corrected chi connectivity index (χ4v) is 2.68. The molecule has 0 bridgehead atoms. The lowest BCUT2D eigenvalue weighted by molar-refractivity contribution is -0.143. The maximum absolute atomic E-state index is 11.3. The molecule has 3 heteroatoms. The minimum Gasteiger partial charge on any atom is -0.468 e. The number of methoxy groups -OCH3 is 1. The molecule has 0 saturated heterocycles. The Balaban J connectivity index is 2.40. The van der Waals surface area contributed by atoms with E-state index in [-0.39, 0.29) is 12.0 Å². The summed E-state index contributed by atoms with van der Waals surface area (Å²) in [6, 6.07) is 0.287. The Morgan fingerprint density at radius 3 is 2.27 bits per heavy atom. The third-order valence-corrected chi connectivity index (χ3v) is 3.22. The van der Waals surface area contributed by atoms with E-state index in [2.05, 4.69) is 19.2 Å². The largest absolute Gasteiger partial charge is 0.468 e. The highest BCUT2D eigenvalue weighted by atomic mass is 16.5. The van der Waals surface area contributed by atoms with Gasteiger partial charge in [0.15, 0.2) is 0 Å². The van der Waals surface area contributed by atoms with E-state index in [4.69, 9.17) is 4.74 Å². The van der Waals surface area contributed by atoms with Crippen LogP contribution in [0.5, 0.6) is 0 Å². The van der Waals surface area contributed by atoms with Gasteiger partial charge in [0.1, 0.15) is 6.04 Å². The van der Waals surface area contributed by atoms with Gasteiger partial charge in [0, 0.05) is 6.04 Å². The Hall–Kier alpha value is -0.570. The van der Waals surface area contributed by atoms with Crippen molar-refractivity contribution in [2.75, 3.05) is 7.11 Å². The number of carbonyl (C=O) groups excluding carboxylic acids is 1. The van der Waals surface area contributed by atoms with Crippen LogP contribution in [-0.2, 0) is 9.53 Å². The normalized spacial score (nSPS) is 33.5. The molecule has 88 valence electrons. The van der Waals surface area contributed by atoms with Crippen LogP contribution in [-0.4, -0.2) is 25.2 Å². The van der Waals surface area contributed by atoms with Crippen molar-refractivity contribution in [3.63, 3.8) is 0 Å². The van der Waals surface area contributed by atoms with Gasteiger partial charge in [0.05, 0.1) is 7.11 Å². The van der Waals surface area contributed by atoms with Gasteiger partial charge in [0.2, 0.25) is 0 Å². The van der Waals surface area contributed by atoms with Gasteiger partial charge < -0.3 is 10.1 Å². The summed E-state index contributed by atoms with van der Waals surface area (Å²) in [7, 11) is 1.44. The molecule has 0 aromatic heterocycles. The lowest BCUT2D eigenvalue weighted by atomic mass is 9.80. The smallest absolute Gasteiger partial charge is 0.322 e. The topological polar surface area (TPSA) is 38.3 Å². The van der Waals surface area contributed by atoms with Crippen molar-refractivity contribution >= 4 is 5.97 Å². The lowest BCUT2D eigenvalue weighted by Gasteiger charge is -2.33. The highest BCUT2D eigenvalue weighted by Gasteiger charge is 2.26. The average Bonchev–Trinajstić information content (AvgIpc) is 2.14. The van der Waals surface area contributed by atoms with Crippen LogP contribution in [0.4, 0.5) is 0 Å². The zero-order valence-corrected chi connectivity index (χ0v) is 10.2. The van der Waals surface area contributed by atoms with Crippen molar-refractivity contribution in [1.29, 1.82) is 0 Å². The minimum absolute atomic E-state index is 0.166. The molecule has 0 amide bonds. The molecule has 0 heterocycles. The van der Waals surface area contributed by atoms with Crippen LogP contribution < -0.4 is 5.32 Å². The van der Waals surface area contributed by atoms with Crippen LogP contribution in [0.15, 0.2) is 0 Å². The summed E-state index contributed by atoms with van der Waals surface area (Å²) in [4.78, 5) is 11.3. The van der Waals surface area contributed by atoms with Crippen LogP contribution in [0.2, 0.25) is 0 Å². The van der Waals surface area contributed by atoms with Gasteiger partial charge in [-0.2, -0.15) is 0 Å². The van der Waals surface area contributed by atoms with Crippen molar-refractivity contribution in [1.82, 2.24) is 5.32 Å². The fraction of sp³-hybridized carbons (Fsp3) is 0.917. The quantitative estimate of drug-likeness (QED) is 0.728. The van der Waals surface area contributed by atoms with E-state index in [1.54, 1.807) is 0 Å². The van der Waals surface area contributed by atoms with E-state index in [1.807, 2.05) is 6.92 Å². The number of hydrogen-bond acceptors (Lipinski definition) is 3. The molecule has 15 heavy (non-hydrogen) atoms. The minimum atomic E-state index is -0.183. The second kappa shape index (κ2) is 5.50. The zero-order chi connectivity index (χ0) is 11.4. The molecule has 1 aliphatic rings. The third-order valence-electron chi connectivity index (χ3n) is 3.22. The Kier molecular flexibility index (Phi) is 4.58. The average molecular weight is 213 g/mol. The van der Waals surface area contributed by atoms with E-state index >= 15 is 0 Å². The SMILES string of the molecule is COC(=O)[C@H](C)NC1CC(C)CC(C)C1. The second-order valence-electron chi connectivity index (χ2n) is 5.03. The Bertz CT molecular complexity index is 208. The number of nitrogens with one attached hydrogen (secondary N) is 1. The maximum Gasteiger partial charge on any atom is 0.322 e. The molecule has 1 N–H and O–H groups in total. The Labute approximate surface area is 92.6 Å². The first-order valence-corrected chi connectivity index (χ1v) is 5.86. The Morgan fingerprint density at radius 2 is 1.80 bits per heavy atom. The predicted octanol–water partition coefficient (Wildman–Crippen LogP) is 1.96. The van der Waals surface area contributed by atoms with Crippen LogP contribution in [0.1, 0.15) is 40.0 Å². The first-order chi connectivity index (χ1) is 7.02. The monoisotopic (exact) mass is 213 g/mol. The summed E-state index contributed by atoms with van der Waals surface area (Å²) < 4.78 is 4.71. The molecule has 2 unspecified atom stereocenters. The number of hydrogen-bond donors (Lipinski definition) is 1. The van der Waals surface area contributed by atoms with E-state index in [1.165, 1.54) is 26.4 Å². The van der Waals surface area contributed by atoms with E-state index in [0.29, 0.717) is 6.04 Å². The molecule has 3 atom stereocenters. The summed E-state index contributed by atoms with van der Waals surface area (Å²) in [6.45, 7) is 6.44. The first kappa shape index (κ1) is 12.5. The van der Waals surface area contributed by atoms with Crippen molar-refractivity contribution in [3.8, 4) is 0 Å². The number of carbonyl (C=O) groups is 1. The fourth-order valence-electron chi connectivity index (χ4n) is 2.68.